The lowest BCUT2D eigenvalue weighted by molar-refractivity contribution is 0.0350. The second-order valence-electron chi connectivity index (χ2n) is 5.40. The molecular formula is C14H25N5O3. The van der Waals surface area contributed by atoms with Crippen molar-refractivity contribution >= 4 is 11.7 Å². The van der Waals surface area contributed by atoms with Crippen molar-refractivity contribution in [1.29, 1.82) is 0 Å². The van der Waals surface area contributed by atoms with Crippen molar-refractivity contribution < 1.29 is 14.3 Å². The van der Waals surface area contributed by atoms with Gasteiger partial charge in [0.15, 0.2) is 0 Å². The molecular weight excluding hydrogens is 286 g/mol. The fourth-order valence-electron chi connectivity index (χ4n) is 2.34. The van der Waals surface area contributed by atoms with E-state index in [4.69, 9.17) is 9.47 Å². The highest BCUT2D eigenvalue weighted by Crippen LogP contribution is 2.05. The van der Waals surface area contributed by atoms with Gasteiger partial charge in [0.25, 0.3) is 0 Å². The lowest BCUT2D eigenvalue weighted by Crippen LogP contribution is -2.47. The van der Waals surface area contributed by atoms with Crippen molar-refractivity contribution in [2.24, 2.45) is 0 Å². The molecule has 1 aromatic rings. The maximum absolute atomic E-state index is 12.0. The molecule has 1 aromatic heterocycles. The number of anilines is 1. The number of hydrogen-bond acceptors (Lipinski definition) is 5. The highest BCUT2D eigenvalue weighted by Gasteiger charge is 2.15. The maximum atomic E-state index is 12.0. The smallest absolute Gasteiger partial charge is 0.319 e. The van der Waals surface area contributed by atoms with Crippen LogP contribution in [0.4, 0.5) is 10.5 Å². The predicted octanol–water partition coefficient (Wildman–Crippen LogP) is 0.372. The Balaban J connectivity index is 1.71. The minimum atomic E-state index is -0.216. The van der Waals surface area contributed by atoms with E-state index in [1.54, 1.807) is 24.2 Å². The Labute approximate surface area is 130 Å². The molecule has 2 amide bonds. The summed E-state index contributed by atoms with van der Waals surface area (Å²) < 4.78 is 12.0. The summed E-state index contributed by atoms with van der Waals surface area (Å²) in [5.41, 5.74) is 0.673. The second-order valence-corrected chi connectivity index (χ2v) is 5.40. The van der Waals surface area contributed by atoms with Gasteiger partial charge in [-0.3, -0.25) is 9.58 Å². The molecule has 0 aromatic carbocycles. The molecule has 0 radical (unpaired) electrons. The summed E-state index contributed by atoms with van der Waals surface area (Å²) >= 11 is 0. The highest BCUT2D eigenvalue weighted by atomic mass is 16.5. The fraction of sp³-hybridized carbons (Fsp3) is 0.714. The summed E-state index contributed by atoms with van der Waals surface area (Å²) in [7, 11) is 1.64. The quantitative estimate of drug-likeness (QED) is 0.760. The molecule has 124 valence electrons. The van der Waals surface area contributed by atoms with E-state index < -0.39 is 0 Å². The Kier molecular flexibility index (Phi) is 6.63. The summed E-state index contributed by atoms with van der Waals surface area (Å²) in [5, 5.41) is 9.87. The van der Waals surface area contributed by atoms with Gasteiger partial charge in [-0.05, 0) is 6.92 Å². The van der Waals surface area contributed by atoms with E-state index >= 15 is 0 Å². The fourth-order valence-corrected chi connectivity index (χ4v) is 2.34. The van der Waals surface area contributed by atoms with Gasteiger partial charge >= 0.3 is 6.03 Å². The molecule has 1 atom stereocenters. The first-order valence-electron chi connectivity index (χ1n) is 7.56. The zero-order valence-electron chi connectivity index (χ0n) is 13.2. The average Bonchev–Trinajstić information content (AvgIpc) is 2.93. The molecule has 1 aliphatic heterocycles. The highest BCUT2D eigenvalue weighted by molar-refractivity contribution is 5.89. The van der Waals surface area contributed by atoms with Crippen LogP contribution in [0.1, 0.15) is 6.92 Å². The van der Waals surface area contributed by atoms with E-state index in [2.05, 4.69) is 20.6 Å². The van der Waals surface area contributed by atoms with Crippen LogP contribution >= 0.6 is 0 Å². The summed E-state index contributed by atoms with van der Waals surface area (Å²) in [6, 6.07) is -0.145. The first kappa shape index (κ1) is 16.7. The topological polar surface area (TPSA) is 80.7 Å². The summed E-state index contributed by atoms with van der Waals surface area (Å²) in [6.45, 7) is 7.43. The Bertz CT molecular complexity index is 459. The molecule has 0 bridgehead atoms. The van der Waals surface area contributed by atoms with Gasteiger partial charge in [-0.25, -0.2) is 4.79 Å². The number of morpholine rings is 1. The molecule has 2 N–H and O–H groups in total. The molecule has 22 heavy (non-hydrogen) atoms. The molecule has 0 aliphatic carbocycles. The SMILES string of the molecule is COCCn1cc(NC(=O)N[C@H](C)CN2CCOCC2)cn1. The molecule has 0 unspecified atom stereocenters. The van der Waals surface area contributed by atoms with E-state index in [9.17, 15) is 4.79 Å². The number of ether oxygens (including phenoxy) is 2. The monoisotopic (exact) mass is 311 g/mol. The van der Waals surface area contributed by atoms with Crippen molar-refractivity contribution in [3.05, 3.63) is 12.4 Å². The molecule has 0 spiro atoms. The van der Waals surface area contributed by atoms with Gasteiger partial charge in [-0.2, -0.15) is 5.10 Å². The Morgan fingerprint density at radius 1 is 1.50 bits per heavy atom. The standard InChI is InChI=1S/C14H25N5O3/c1-12(10-18-3-7-22-8-4-18)16-14(20)17-13-9-15-19(11-13)5-6-21-2/h9,11-12H,3-8,10H2,1-2H3,(H2,16,17,20)/t12-/m1/s1. The van der Waals surface area contributed by atoms with Crippen LogP contribution in [0.2, 0.25) is 0 Å². The molecule has 1 aliphatic rings. The first-order chi connectivity index (χ1) is 10.7. The van der Waals surface area contributed by atoms with Gasteiger partial charge in [0.2, 0.25) is 0 Å². The number of urea groups is 1. The minimum Gasteiger partial charge on any atom is -0.383 e. The normalized spacial score (nSPS) is 17.2. The van der Waals surface area contributed by atoms with Crippen LogP contribution in [-0.4, -0.2) is 73.3 Å². The number of aromatic nitrogens is 2. The molecule has 8 heteroatoms. The first-order valence-corrected chi connectivity index (χ1v) is 7.56. The summed E-state index contributed by atoms with van der Waals surface area (Å²) in [5.74, 6) is 0. The van der Waals surface area contributed by atoms with Crippen LogP contribution in [0.15, 0.2) is 12.4 Å². The van der Waals surface area contributed by atoms with Gasteiger partial charge in [-0.1, -0.05) is 0 Å². The molecule has 0 saturated carbocycles. The molecule has 1 fully saturated rings. The number of rotatable bonds is 7. The van der Waals surface area contributed by atoms with E-state index in [0.29, 0.717) is 18.8 Å². The largest absolute Gasteiger partial charge is 0.383 e. The summed E-state index contributed by atoms with van der Waals surface area (Å²) in [4.78, 5) is 14.2. The Morgan fingerprint density at radius 3 is 3.00 bits per heavy atom. The van der Waals surface area contributed by atoms with Crippen molar-refractivity contribution in [2.75, 3.05) is 51.9 Å². The Hall–Kier alpha value is -1.64. The van der Waals surface area contributed by atoms with Crippen molar-refractivity contribution in [3.8, 4) is 0 Å². The third kappa shape index (κ3) is 5.63. The molecule has 1 saturated heterocycles. The second kappa shape index (κ2) is 8.72. The zero-order chi connectivity index (χ0) is 15.8. The van der Waals surface area contributed by atoms with Gasteiger partial charge in [0.1, 0.15) is 0 Å². The number of nitrogens with zero attached hydrogens (tertiary/aromatic N) is 3. The van der Waals surface area contributed by atoms with Crippen LogP contribution < -0.4 is 10.6 Å². The number of methoxy groups -OCH3 is 1. The molecule has 8 nitrogen and oxygen atoms in total. The lowest BCUT2D eigenvalue weighted by Gasteiger charge is -2.29. The maximum Gasteiger partial charge on any atom is 0.319 e. The van der Waals surface area contributed by atoms with Gasteiger partial charge in [0, 0.05) is 39.0 Å². The van der Waals surface area contributed by atoms with Crippen LogP contribution in [0.3, 0.4) is 0 Å². The van der Waals surface area contributed by atoms with Crippen molar-refractivity contribution in [2.45, 2.75) is 19.5 Å². The van der Waals surface area contributed by atoms with E-state index in [0.717, 1.165) is 32.8 Å². The van der Waals surface area contributed by atoms with Crippen LogP contribution in [0.5, 0.6) is 0 Å². The third-order valence-electron chi connectivity index (χ3n) is 3.43. The minimum absolute atomic E-state index is 0.0710. The predicted molar refractivity (Wildman–Crippen MR) is 83.0 cm³/mol. The molecule has 2 rings (SSSR count). The van der Waals surface area contributed by atoms with Gasteiger partial charge in [0.05, 0.1) is 38.2 Å². The number of nitrogens with one attached hydrogen (secondary N) is 2. The van der Waals surface area contributed by atoms with Crippen LogP contribution in [0, 0.1) is 0 Å². The molecule has 2 heterocycles. The Morgan fingerprint density at radius 2 is 2.27 bits per heavy atom. The number of carbonyl (C=O) groups is 1. The van der Waals surface area contributed by atoms with Crippen molar-refractivity contribution in [3.63, 3.8) is 0 Å². The van der Waals surface area contributed by atoms with Gasteiger partial charge < -0.3 is 20.1 Å². The van der Waals surface area contributed by atoms with Gasteiger partial charge in [-0.15, -0.1) is 0 Å². The zero-order valence-corrected chi connectivity index (χ0v) is 13.2. The summed E-state index contributed by atoms with van der Waals surface area (Å²) in [6.07, 6.45) is 3.41. The van der Waals surface area contributed by atoms with Crippen LogP contribution in [0.25, 0.3) is 0 Å². The van der Waals surface area contributed by atoms with E-state index in [-0.39, 0.29) is 12.1 Å². The number of amides is 2. The lowest BCUT2D eigenvalue weighted by atomic mass is 10.3. The van der Waals surface area contributed by atoms with E-state index in [1.165, 1.54) is 0 Å². The third-order valence-corrected chi connectivity index (χ3v) is 3.43. The van der Waals surface area contributed by atoms with Crippen LogP contribution in [-0.2, 0) is 16.0 Å². The number of hydrogen-bond donors (Lipinski definition) is 2. The average molecular weight is 311 g/mol. The van der Waals surface area contributed by atoms with Crippen molar-refractivity contribution in [1.82, 2.24) is 20.0 Å². The van der Waals surface area contributed by atoms with E-state index in [1.807, 2.05) is 6.92 Å². The number of carbonyl (C=O) groups excluding carboxylic acids is 1.